The second-order valence-corrected chi connectivity index (χ2v) is 9.28. The number of alkyl halides is 6. The fourth-order valence-electron chi connectivity index (χ4n) is 4.37. The normalized spacial score (nSPS) is 12.8. The number of aliphatic hydroxyl groups excluding tert-OH is 2. The molecule has 12 heteroatoms. The largest absolute Gasteiger partial charge is 0.416 e. The Morgan fingerprint density at radius 1 is 0.800 bits per heavy atom. The summed E-state index contributed by atoms with van der Waals surface area (Å²) in [5.41, 5.74) is -3.41. The fourth-order valence-corrected chi connectivity index (χ4v) is 4.37. The van der Waals surface area contributed by atoms with Crippen LogP contribution in [0.5, 0.6) is 0 Å². The van der Waals surface area contributed by atoms with Gasteiger partial charge in [-0.1, -0.05) is 42.5 Å². The molecular weight excluding hydrogens is 542 g/mol. The molecule has 0 saturated heterocycles. The van der Waals surface area contributed by atoms with Crippen LogP contribution < -0.4 is 0 Å². The maximum absolute atomic E-state index is 13.4. The Morgan fingerprint density at radius 2 is 1.35 bits per heavy atom. The molecule has 2 N–H and O–H groups in total. The highest BCUT2D eigenvalue weighted by atomic mass is 19.4. The van der Waals surface area contributed by atoms with Crippen LogP contribution in [0.15, 0.2) is 60.7 Å². The molecule has 0 saturated carbocycles. The lowest BCUT2D eigenvalue weighted by Gasteiger charge is -2.31. The van der Waals surface area contributed by atoms with E-state index in [9.17, 15) is 46.1 Å². The summed E-state index contributed by atoms with van der Waals surface area (Å²) < 4.78 is 80.4. The molecule has 2 amide bonds. The maximum Gasteiger partial charge on any atom is 0.416 e. The van der Waals surface area contributed by atoms with E-state index < -0.39 is 60.1 Å². The summed E-state index contributed by atoms with van der Waals surface area (Å²) in [6, 6.07) is 12.4. The molecule has 40 heavy (non-hydrogen) atoms. The van der Waals surface area contributed by atoms with E-state index in [0.29, 0.717) is 17.7 Å². The summed E-state index contributed by atoms with van der Waals surface area (Å²) >= 11 is 0. The molecule has 6 nitrogen and oxygen atoms in total. The van der Waals surface area contributed by atoms with Crippen molar-refractivity contribution in [3.63, 3.8) is 0 Å². The van der Waals surface area contributed by atoms with E-state index >= 15 is 0 Å². The molecule has 0 bridgehead atoms. The van der Waals surface area contributed by atoms with Crippen molar-refractivity contribution in [1.82, 2.24) is 9.80 Å². The monoisotopic (exact) mass is 570 g/mol. The molecule has 0 aliphatic rings. The van der Waals surface area contributed by atoms with Gasteiger partial charge < -0.3 is 20.0 Å². The number of amides is 2. The van der Waals surface area contributed by atoms with Gasteiger partial charge in [0, 0.05) is 38.2 Å². The van der Waals surface area contributed by atoms with Crippen molar-refractivity contribution in [3.8, 4) is 0 Å². The zero-order chi connectivity index (χ0) is 29.7. The molecule has 0 spiro atoms. The first kappa shape index (κ1) is 30.9. The number of hydrogen-bond acceptors (Lipinski definition) is 4. The summed E-state index contributed by atoms with van der Waals surface area (Å²) in [4.78, 5) is 28.5. The van der Waals surface area contributed by atoms with E-state index in [1.807, 2.05) is 36.4 Å². The number of fused-ring (bicyclic) bond motifs is 1. The first-order valence-electron chi connectivity index (χ1n) is 12.3. The molecule has 1 unspecified atom stereocenters. The molecular formula is C28H28F6N2O4. The minimum atomic E-state index is -5.13. The summed E-state index contributed by atoms with van der Waals surface area (Å²) in [7, 11) is 1.21. The molecule has 216 valence electrons. The number of carbonyl (C=O) groups is 2. The Kier molecular flexibility index (Phi) is 9.80. The zero-order valence-corrected chi connectivity index (χ0v) is 21.5. The van der Waals surface area contributed by atoms with Crippen molar-refractivity contribution in [1.29, 1.82) is 0 Å². The van der Waals surface area contributed by atoms with Crippen LogP contribution in [0.25, 0.3) is 10.8 Å². The van der Waals surface area contributed by atoms with Crippen LogP contribution in [0.4, 0.5) is 26.3 Å². The second-order valence-electron chi connectivity index (χ2n) is 9.28. The minimum Gasteiger partial charge on any atom is -0.395 e. The van der Waals surface area contributed by atoms with Gasteiger partial charge in [0.1, 0.15) is 0 Å². The molecule has 3 aromatic carbocycles. The summed E-state index contributed by atoms with van der Waals surface area (Å²) in [6.45, 7) is -1.02. The lowest BCUT2D eigenvalue weighted by molar-refractivity contribution is -0.143. The first-order chi connectivity index (χ1) is 18.7. The lowest BCUT2D eigenvalue weighted by Crippen LogP contribution is -2.44. The third-order valence-electron chi connectivity index (χ3n) is 6.49. The van der Waals surface area contributed by atoms with E-state index in [1.54, 1.807) is 6.07 Å². The molecule has 0 heterocycles. The Morgan fingerprint density at radius 3 is 1.88 bits per heavy atom. The molecule has 0 radical (unpaired) electrons. The number of nitrogens with zero attached hydrogens (tertiary/aromatic N) is 2. The smallest absolute Gasteiger partial charge is 0.395 e. The molecule has 0 fully saturated rings. The topological polar surface area (TPSA) is 81.1 Å². The molecule has 3 rings (SSSR count). The van der Waals surface area contributed by atoms with Crippen LogP contribution in [0.2, 0.25) is 0 Å². The van der Waals surface area contributed by atoms with Crippen molar-refractivity contribution < 1.29 is 46.1 Å². The highest BCUT2D eigenvalue weighted by molar-refractivity contribution is 5.95. The summed E-state index contributed by atoms with van der Waals surface area (Å²) in [5, 5.41) is 20.4. The predicted octanol–water partition coefficient (Wildman–Crippen LogP) is 4.76. The lowest BCUT2D eigenvalue weighted by atomic mass is 9.97. The Bertz CT molecular complexity index is 1300. The van der Waals surface area contributed by atoms with Gasteiger partial charge in [-0.2, -0.15) is 26.3 Å². The van der Waals surface area contributed by atoms with Crippen LogP contribution >= 0.6 is 0 Å². The van der Waals surface area contributed by atoms with Gasteiger partial charge >= 0.3 is 12.4 Å². The van der Waals surface area contributed by atoms with E-state index in [2.05, 4.69) is 0 Å². The van der Waals surface area contributed by atoms with Crippen LogP contribution in [0, 0.1) is 0 Å². The van der Waals surface area contributed by atoms with Crippen LogP contribution in [0.1, 0.15) is 33.5 Å². The molecule has 3 aromatic rings. The van der Waals surface area contributed by atoms with Gasteiger partial charge in [-0.25, -0.2) is 0 Å². The average molecular weight is 571 g/mol. The highest BCUT2D eigenvalue weighted by Crippen LogP contribution is 2.36. The van der Waals surface area contributed by atoms with E-state index in [4.69, 9.17) is 0 Å². The van der Waals surface area contributed by atoms with Crippen LogP contribution in [-0.2, 0) is 23.6 Å². The van der Waals surface area contributed by atoms with Crippen molar-refractivity contribution in [2.24, 2.45) is 0 Å². The van der Waals surface area contributed by atoms with Gasteiger partial charge in [0.25, 0.3) is 5.91 Å². The van der Waals surface area contributed by atoms with Crippen molar-refractivity contribution in [3.05, 3.63) is 82.9 Å². The van der Waals surface area contributed by atoms with E-state index in [-0.39, 0.29) is 32.0 Å². The Hall–Kier alpha value is -3.64. The van der Waals surface area contributed by atoms with Crippen LogP contribution in [-0.4, -0.2) is 71.2 Å². The van der Waals surface area contributed by atoms with Crippen molar-refractivity contribution >= 4 is 22.6 Å². The molecule has 0 aliphatic heterocycles. The molecule has 0 aliphatic carbocycles. The number of likely N-dealkylation sites (N-methyl/N-ethyl adjacent to an activating group) is 1. The number of hydrogen-bond donors (Lipinski definition) is 2. The van der Waals surface area contributed by atoms with Gasteiger partial charge in [-0.15, -0.1) is 0 Å². The van der Waals surface area contributed by atoms with Crippen molar-refractivity contribution in [2.75, 3.05) is 33.4 Å². The third-order valence-corrected chi connectivity index (χ3v) is 6.49. The minimum absolute atomic E-state index is 0.0516. The number of rotatable bonds is 10. The third kappa shape index (κ3) is 7.72. The second kappa shape index (κ2) is 12.7. The Labute approximate surface area is 226 Å². The number of carbonyl (C=O) groups excluding carboxylic acids is 2. The average Bonchev–Trinajstić information content (AvgIpc) is 2.90. The fraction of sp³-hybridized carbons (Fsp3) is 0.357. The van der Waals surface area contributed by atoms with Gasteiger partial charge in [-0.05, 0) is 41.0 Å². The number of benzene rings is 3. The standard InChI is InChI=1S/C28H28F6N2O4/c1-35(26(40)21-14-22(27(29,30)31)16-23(15-21)28(32,33)34)24(17-25(39)36(8-10-37)9-11-38)13-18-6-7-19-4-2-3-5-20(19)12-18/h2-7,12,14-16,24,37-38H,8-11,13,17H2,1H3. The predicted molar refractivity (Wildman–Crippen MR) is 135 cm³/mol. The highest BCUT2D eigenvalue weighted by Gasteiger charge is 2.38. The number of halogens is 6. The van der Waals surface area contributed by atoms with Crippen LogP contribution in [0.3, 0.4) is 0 Å². The number of aliphatic hydroxyl groups is 2. The Balaban J connectivity index is 2.01. The SMILES string of the molecule is CN(C(=O)c1cc(C(F)(F)F)cc(C(F)(F)F)c1)C(CC(=O)N(CCO)CCO)Cc1ccc2ccccc2c1. The summed E-state index contributed by atoms with van der Waals surface area (Å²) in [5.74, 6) is -1.69. The molecule has 1 atom stereocenters. The van der Waals surface area contributed by atoms with E-state index in [0.717, 1.165) is 20.6 Å². The van der Waals surface area contributed by atoms with Gasteiger partial charge in [0.2, 0.25) is 5.91 Å². The van der Waals surface area contributed by atoms with Gasteiger partial charge in [0.05, 0.1) is 24.3 Å². The van der Waals surface area contributed by atoms with Gasteiger partial charge in [0.15, 0.2) is 0 Å². The summed E-state index contributed by atoms with van der Waals surface area (Å²) in [6.07, 6.45) is -10.6. The van der Waals surface area contributed by atoms with E-state index in [1.165, 1.54) is 7.05 Å². The van der Waals surface area contributed by atoms with Crippen molar-refractivity contribution in [2.45, 2.75) is 31.2 Å². The molecule has 0 aromatic heterocycles. The zero-order valence-electron chi connectivity index (χ0n) is 21.5. The van der Waals surface area contributed by atoms with Gasteiger partial charge in [-0.3, -0.25) is 9.59 Å². The first-order valence-corrected chi connectivity index (χ1v) is 12.3. The maximum atomic E-state index is 13.4. The quantitative estimate of drug-likeness (QED) is 0.345.